The molecule has 0 bridgehead atoms. The number of ether oxygens (including phenoxy) is 3. The fourth-order valence-electron chi connectivity index (χ4n) is 8.39. The van der Waals surface area contributed by atoms with Gasteiger partial charge in [-0.1, -0.05) is 50.6 Å². The van der Waals surface area contributed by atoms with Gasteiger partial charge in [-0.2, -0.15) is 4.31 Å². The number of alkyl carbamates (subject to hydrolysis) is 1. The summed E-state index contributed by atoms with van der Waals surface area (Å²) in [7, 11) is -2.40. The Morgan fingerprint density at radius 3 is 2.51 bits per heavy atom. The number of aliphatic hydroxyl groups is 1. The van der Waals surface area contributed by atoms with Crippen LogP contribution >= 0.6 is 0 Å². The Balaban J connectivity index is 1.17. The molecule has 1 heterocycles. The molecule has 10 heteroatoms. The van der Waals surface area contributed by atoms with E-state index < -0.39 is 28.3 Å². The van der Waals surface area contributed by atoms with E-state index in [1.807, 2.05) is 44.2 Å². The molecule has 234 valence electrons. The Labute approximate surface area is 254 Å². The molecule has 0 radical (unpaired) electrons. The van der Waals surface area contributed by atoms with E-state index in [1.54, 1.807) is 12.1 Å². The Kier molecular flexibility index (Phi) is 8.49. The number of fused-ring (bicyclic) bond motifs is 1. The van der Waals surface area contributed by atoms with Gasteiger partial charge >= 0.3 is 6.09 Å². The summed E-state index contributed by atoms with van der Waals surface area (Å²) >= 11 is 0. The third-order valence-corrected chi connectivity index (χ3v) is 12.1. The molecule has 2 aromatic carbocycles. The van der Waals surface area contributed by atoms with Gasteiger partial charge in [0.25, 0.3) is 0 Å². The molecule has 1 aliphatic heterocycles. The van der Waals surface area contributed by atoms with Crippen molar-refractivity contribution in [1.29, 1.82) is 0 Å². The van der Waals surface area contributed by atoms with Crippen molar-refractivity contribution in [2.45, 2.75) is 75.2 Å². The second-order valence-electron chi connectivity index (χ2n) is 13.2. The van der Waals surface area contributed by atoms with Crippen molar-refractivity contribution in [2.75, 3.05) is 26.8 Å². The van der Waals surface area contributed by atoms with Gasteiger partial charge in [0.1, 0.15) is 11.9 Å². The van der Waals surface area contributed by atoms with Crippen LogP contribution in [0.4, 0.5) is 4.79 Å². The first-order valence-electron chi connectivity index (χ1n) is 15.6. The molecular weight excluding hydrogens is 568 g/mol. The molecule has 9 nitrogen and oxygen atoms in total. The first-order chi connectivity index (χ1) is 20.6. The first kappa shape index (κ1) is 30.4. The summed E-state index contributed by atoms with van der Waals surface area (Å²) in [6.07, 6.45) is 2.83. The maximum absolute atomic E-state index is 13.7. The van der Waals surface area contributed by atoms with E-state index in [9.17, 15) is 18.3 Å². The van der Waals surface area contributed by atoms with Crippen LogP contribution < -0.4 is 10.1 Å². The number of nitrogens with one attached hydrogen (secondary N) is 1. The van der Waals surface area contributed by atoms with Crippen LogP contribution in [0, 0.1) is 29.1 Å². The fourth-order valence-corrected chi connectivity index (χ4v) is 10.0. The minimum atomic E-state index is -3.93. The number of rotatable bonds is 12. The Morgan fingerprint density at radius 1 is 1.07 bits per heavy atom. The summed E-state index contributed by atoms with van der Waals surface area (Å²) in [5.74, 6) is 2.08. The molecule has 4 fully saturated rings. The summed E-state index contributed by atoms with van der Waals surface area (Å²) in [6.45, 7) is 4.74. The zero-order valence-electron chi connectivity index (χ0n) is 25.2. The van der Waals surface area contributed by atoms with Crippen molar-refractivity contribution in [3.63, 3.8) is 0 Å². The molecule has 3 saturated carbocycles. The molecule has 4 aliphatic rings. The highest BCUT2D eigenvalue weighted by atomic mass is 32.2. The van der Waals surface area contributed by atoms with Crippen molar-refractivity contribution in [1.82, 2.24) is 9.62 Å². The molecule has 6 rings (SSSR count). The average molecular weight is 613 g/mol. The van der Waals surface area contributed by atoms with Crippen LogP contribution in [0.25, 0.3) is 0 Å². The van der Waals surface area contributed by atoms with E-state index in [1.165, 1.54) is 23.5 Å². The molecule has 1 amide bonds. The number of amides is 1. The number of aliphatic hydroxyl groups excluding tert-OH is 1. The van der Waals surface area contributed by atoms with Gasteiger partial charge in [-0.3, -0.25) is 0 Å². The van der Waals surface area contributed by atoms with Crippen LogP contribution in [0.2, 0.25) is 0 Å². The summed E-state index contributed by atoms with van der Waals surface area (Å²) in [6, 6.07) is 15.0. The van der Waals surface area contributed by atoms with Crippen LogP contribution in [0.5, 0.6) is 5.75 Å². The molecule has 4 unspecified atom stereocenters. The summed E-state index contributed by atoms with van der Waals surface area (Å²) in [4.78, 5) is 13.5. The zero-order valence-corrected chi connectivity index (χ0v) is 26.0. The van der Waals surface area contributed by atoms with Crippen molar-refractivity contribution in [3.05, 3.63) is 60.2 Å². The molecular formula is C33H44N2O7S. The second-order valence-corrected chi connectivity index (χ2v) is 15.1. The quantitative estimate of drug-likeness (QED) is 0.369. The zero-order chi connectivity index (χ0) is 30.4. The van der Waals surface area contributed by atoms with E-state index in [0.717, 1.165) is 37.9 Å². The van der Waals surface area contributed by atoms with Crippen molar-refractivity contribution in [2.24, 2.45) is 29.1 Å². The molecule has 8 atom stereocenters. The lowest BCUT2D eigenvalue weighted by Gasteiger charge is -2.36. The van der Waals surface area contributed by atoms with Gasteiger partial charge < -0.3 is 24.6 Å². The van der Waals surface area contributed by atoms with Gasteiger partial charge in [0.15, 0.2) is 0 Å². The molecule has 1 saturated heterocycles. The van der Waals surface area contributed by atoms with Gasteiger partial charge in [-0.25, -0.2) is 13.2 Å². The third kappa shape index (κ3) is 5.67. The Morgan fingerprint density at radius 2 is 1.81 bits per heavy atom. The predicted molar refractivity (Wildman–Crippen MR) is 161 cm³/mol. The van der Waals surface area contributed by atoms with Gasteiger partial charge in [0.05, 0.1) is 36.9 Å². The van der Waals surface area contributed by atoms with Crippen LogP contribution in [0.1, 0.15) is 45.1 Å². The molecule has 0 aromatic heterocycles. The second kappa shape index (κ2) is 12.0. The van der Waals surface area contributed by atoms with Gasteiger partial charge in [0, 0.05) is 24.4 Å². The van der Waals surface area contributed by atoms with Crippen molar-refractivity contribution >= 4 is 16.1 Å². The third-order valence-electron chi connectivity index (χ3n) is 10.2. The molecule has 3 aliphatic carbocycles. The van der Waals surface area contributed by atoms with E-state index in [0.29, 0.717) is 36.0 Å². The lowest BCUT2D eigenvalue weighted by molar-refractivity contribution is -0.0212. The lowest BCUT2D eigenvalue weighted by Crippen LogP contribution is -2.52. The number of nitrogens with zero attached hydrogens (tertiary/aromatic N) is 1. The molecule has 2 aromatic rings. The van der Waals surface area contributed by atoms with E-state index in [4.69, 9.17) is 14.2 Å². The highest BCUT2D eigenvalue weighted by Crippen LogP contribution is 2.78. The van der Waals surface area contributed by atoms with Crippen molar-refractivity contribution in [3.8, 4) is 5.75 Å². The van der Waals surface area contributed by atoms with Gasteiger partial charge in [-0.05, 0) is 73.3 Å². The average Bonchev–Trinajstić information content (AvgIpc) is 3.25. The maximum Gasteiger partial charge on any atom is 0.407 e. The maximum atomic E-state index is 13.7. The van der Waals surface area contributed by atoms with E-state index in [-0.39, 0.29) is 35.4 Å². The van der Waals surface area contributed by atoms with Crippen LogP contribution in [0.3, 0.4) is 0 Å². The summed E-state index contributed by atoms with van der Waals surface area (Å²) in [5, 5.41) is 14.5. The Hall–Kier alpha value is -2.66. The van der Waals surface area contributed by atoms with Gasteiger partial charge in [-0.15, -0.1) is 0 Å². The van der Waals surface area contributed by atoms with Gasteiger partial charge in [0.2, 0.25) is 10.0 Å². The highest BCUT2D eigenvalue weighted by Gasteiger charge is 2.80. The van der Waals surface area contributed by atoms with Crippen molar-refractivity contribution < 1.29 is 32.5 Å². The minimum absolute atomic E-state index is 0.0154. The number of benzene rings is 2. The fraction of sp³-hybridized carbons (Fsp3) is 0.606. The predicted octanol–water partition coefficient (Wildman–Crippen LogP) is 4.24. The van der Waals surface area contributed by atoms with Crippen LogP contribution in [-0.2, 0) is 25.9 Å². The summed E-state index contributed by atoms with van der Waals surface area (Å²) in [5.41, 5.74) is 1.11. The summed E-state index contributed by atoms with van der Waals surface area (Å²) < 4.78 is 46.1. The largest absolute Gasteiger partial charge is 0.497 e. The van der Waals surface area contributed by atoms with E-state index in [2.05, 4.69) is 5.32 Å². The smallest absolute Gasteiger partial charge is 0.407 e. The number of hydrogen-bond acceptors (Lipinski definition) is 7. The Bertz CT molecular complexity index is 1390. The normalized spacial score (nSPS) is 30.4. The van der Waals surface area contributed by atoms with Crippen LogP contribution in [0.15, 0.2) is 59.5 Å². The standard InChI is InChI=1S/C33H44N2O7S/c1-21(2)18-35(43(38,39)24-14-12-23(40-3)13-15-24)19-29(36)28(16-22-8-5-4-6-9-22)34-32(37)42-30-17-26-27-20-41-31-11-7-10-25(30)33(26,27)31/h4-6,8-9,12-15,21,25-31,36H,7,10-11,16-20H2,1-3H3,(H,34,37)/t25?,26?,27?,28-,29+,30-,31-,33?/m0/s1. The topological polar surface area (TPSA) is 114 Å². The molecule has 43 heavy (non-hydrogen) atoms. The monoisotopic (exact) mass is 612 g/mol. The number of carbonyl (C=O) groups excluding carboxylic acids is 1. The molecule has 1 spiro atoms. The van der Waals surface area contributed by atoms with E-state index >= 15 is 0 Å². The minimum Gasteiger partial charge on any atom is -0.497 e. The highest BCUT2D eigenvalue weighted by molar-refractivity contribution is 7.89. The first-order valence-corrected chi connectivity index (χ1v) is 17.0. The number of sulfonamides is 1. The SMILES string of the molecule is COc1ccc(S(=O)(=O)N(CC(C)C)C[C@@H](O)[C@H](Cc2ccccc2)NC(=O)O[C@H]2CC3C4CO[C@H]5CCCC2C435)cc1. The number of hydrogen-bond donors (Lipinski definition) is 2. The van der Waals surface area contributed by atoms with Crippen LogP contribution in [-0.4, -0.2) is 75.1 Å². The lowest BCUT2D eigenvalue weighted by atomic mass is 9.73. The number of carbonyl (C=O) groups is 1. The molecule has 2 N–H and O–H groups in total. The number of methoxy groups -OCH3 is 1.